The predicted octanol–water partition coefficient (Wildman–Crippen LogP) is 6.70. The summed E-state index contributed by atoms with van der Waals surface area (Å²) in [5.41, 5.74) is 1.23. The summed E-state index contributed by atoms with van der Waals surface area (Å²) in [4.78, 5) is 1.90. The molecule has 1 aromatic heterocycles. The Kier molecular flexibility index (Phi) is 6.44. The first kappa shape index (κ1) is 24.1. The maximum absolute atomic E-state index is 15.3. The van der Waals surface area contributed by atoms with E-state index >= 15 is 8.78 Å². The van der Waals surface area contributed by atoms with Crippen LogP contribution in [0.15, 0.2) is 30.5 Å². The van der Waals surface area contributed by atoms with Crippen LogP contribution in [0.1, 0.15) is 69.0 Å². The zero-order chi connectivity index (χ0) is 24.2. The van der Waals surface area contributed by atoms with Crippen molar-refractivity contribution in [1.29, 1.82) is 0 Å². The first-order valence-electron chi connectivity index (χ1n) is 11.8. The van der Waals surface area contributed by atoms with Crippen LogP contribution in [0.4, 0.5) is 13.2 Å². The Hall–Kier alpha value is -1.65. The fourth-order valence-electron chi connectivity index (χ4n) is 5.49. The first-order chi connectivity index (χ1) is 16.1. The smallest absolute Gasteiger partial charge is 0.150 e. The van der Waals surface area contributed by atoms with Crippen molar-refractivity contribution in [3.8, 4) is 0 Å². The lowest BCUT2D eigenvalue weighted by atomic mass is 9.82. The number of aromatic nitrogens is 2. The van der Waals surface area contributed by atoms with Crippen LogP contribution in [0.3, 0.4) is 0 Å². The highest BCUT2D eigenvalue weighted by Crippen LogP contribution is 2.44. The topological polar surface area (TPSA) is 30.3 Å². The van der Waals surface area contributed by atoms with Gasteiger partial charge in [-0.2, -0.15) is 5.10 Å². The summed E-state index contributed by atoms with van der Waals surface area (Å²) in [5, 5.41) is 5.61. The molecule has 3 aromatic rings. The normalized spacial score (nSPS) is 23.9. The van der Waals surface area contributed by atoms with E-state index in [1.165, 1.54) is 26.0 Å². The van der Waals surface area contributed by atoms with Gasteiger partial charge in [0, 0.05) is 33.7 Å². The molecule has 0 N–H and O–H groups in total. The molecule has 4 nitrogen and oxygen atoms in total. The molecule has 0 radical (unpaired) electrons. The van der Waals surface area contributed by atoms with E-state index in [1.54, 1.807) is 0 Å². The highest BCUT2D eigenvalue weighted by molar-refractivity contribution is 14.1. The number of nitrogens with zero attached hydrogens (tertiary/aromatic N) is 3. The van der Waals surface area contributed by atoms with Crippen molar-refractivity contribution in [3.05, 3.63) is 62.4 Å². The van der Waals surface area contributed by atoms with Gasteiger partial charge in [0.05, 0.1) is 17.8 Å². The second-order valence-electron chi connectivity index (χ2n) is 10.1. The summed E-state index contributed by atoms with van der Waals surface area (Å²) in [6.45, 7) is 5.79. The molecule has 0 spiro atoms. The molecule has 0 bridgehead atoms. The van der Waals surface area contributed by atoms with Crippen molar-refractivity contribution in [2.24, 2.45) is 0 Å². The van der Waals surface area contributed by atoms with E-state index in [4.69, 9.17) is 4.74 Å². The minimum Gasteiger partial charge on any atom is -0.356 e. The van der Waals surface area contributed by atoms with Gasteiger partial charge in [-0.15, -0.1) is 0 Å². The molecule has 3 unspecified atom stereocenters. The number of rotatable bonds is 4. The van der Waals surface area contributed by atoms with E-state index in [1.807, 2.05) is 57.4 Å². The van der Waals surface area contributed by atoms with Crippen LogP contribution in [0, 0.1) is 15.2 Å². The zero-order valence-electron chi connectivity index (χ0n) is 19.6. The van der Waals surface area contributed by atoms with E-state index in [2.05, 4.69) is 5.10 Å². The first-order valence-corrected chi connectivity index (χ1v) is 12.9. The fraction of sp³-hybridized carbons (Fsp3) is 0.500. The summed E-state index contributed by atoms with van der Waals surface area (Å²) in [6, 6.07) is 5.73. The lowest BCUT2D eigenvalue weighted by Crippen LogP contribution is -2.48. The molecule has 182 valence electrons. The van der Waals surface area contributed by atoms with Gasteiger partial charge in [-0.25, -0.2) is 17.9 Å². The Morgan fingerprint density at radius 1 is 1.18 bits per heavy atom. The number of benzene rings is 2. The molecule has 0 aliphatic carbocycles. The van der Waals surface area contributed by atoms with Gasteiger partial charge in [-0.1, -0.05) is 6.07 Å². The van der Waals surface area contributed by atoms with Gasteiger partial charge in [0.25, 0.3) is 0 Å². The summed E-state index contributed by atoms with van der Waals surface area (Å²) in [5.74, 6) is -1.22. The Labute approximate surface area is 211 Å². The summed E-state index contributed by atoms with van der Waals surface area (Å²) >= 11 is 1.91. The van der Waals surface area contributed by atoms with Crippen molar-refractivity contribution >= 4 is 33.5 Å². The zero-order valence-corrected chi connectivity index (χ0v) is 21.8. The Balaban J connectivity index is 1.68. The lowest BCUT2D eigenvalue weighted by Gasteiger charge is -2.44. The second-order valence-corrected chi connectivity index (χ2v) is 11.4. The van der Waals surface area contributed by atoms with Gasteiger partial charge in [0.1, 0.15) is 17.3 Å². The highest BCUT2D eigenvalue weighted by atomic mass is 127. The van der Waals surface area contributed by atoms with Crippen molar-refractivity contribution < 1.29 is 17.9 Å². The molecule has 2 aromatic carbocycles. The van der Waals surface area contributed by atoms with Gasteiger partial charge in [0.2, 0.25) is 0 Å². The van der Waals surface area contributed by atoms with Crippen LogP contribution in [-0.4, -0.2) is 39.5 Å². The molecule has 3 atom stereocenters. The maximum Gasteiger partial charge on any atom is 0.150 e. The number of ether oxygens (including phenoxy) is 1. The predicted molar refractivity (Wildman–Crippen MR) is 135 cm³/mol. The number of alkyl halides is 1. The van der Waals surface area contributed by atoms with Crippen molar-refractivity contribution in [2.75, 3.05) is 13.2 Å². The van der Waals surface area contributed by atoms with Crippen LogP contribution < -0.4 is 0 Å². The molecular formula is C26H29F3IN3O. The maximum atomic E-state index is 15.3. The van der Waals surface area contributed by atoms with Gasteiger partial charge in [0.15, 0.2) is 6.23 Å². The summed E-state index contributed by atoms with van der Waals surface area (Å²) in [6.07, 6.45) is 5.44. The van der Waals surface area contributed by atoms with Crippen molar-refractivity contribution in [3.63, 3.8) is 0 Å². The second kappa shape index (κ2) is 9.09. The van der Waals surface area contributed by atoms with Crippen LogP contribution >= 0.6 is 22.6 Å². The molecular weight excluding hydrogens is 554 g/mol. The SMILES string of the molecule is CC1Cc2c(ccc3c2cnn3C2CCCCO2)C(c2c(F)cc(I)cc2F)N1CC(C)(C)F. The fourth-order valence-corrected chi connectivity index (χ4v) is 6.04. The van der Waals surface area contributed by atoms with Crippen molar-refractivity contribution in [2.45, 2.75) is 70.4 Å². The van der Waals surface area contributed by atoms with Crippen molar-refractivity contribution in [1.82, 2.24) is 14.7 Å². The number of halogens is 4. The molecule has 0 amide bonds. The molecule has 1 fully saturated rings. The molecule has 2 aliphatic heterocycles. The Morgan fingerprint density at radius 3 is 2.56 bits per heavy atom. The van der Waals surface area contributed by atoms with Gasteiger partial charge >= 0.3 is 0 Å². The lowest BCUT2D eigenvalue weighted by molar-refractivity contribution is -0.0366. The highest BCUT2D eigenvalue weighted by Gasteiger charge is 2.40. The van der Waals surface area contributed by atoms with Crippen LogP contribution in [0.5, 0.6) is 0 Å². The van der Waals surface area contributed by atoms with Crippen LogP contribution in [0.2, 0.25) is 0 Å². The largest absolute Gasteiger partial charge is 0.356 e. The van der Waals surface area contributed by atoms with E-state index in [0.29, 0.717) is 9.99 Å². The molecule has 2 aliphatic rings. The molecule has 0 saturated carbocycles. The van der Waals surface area contributed by atoms with E-state index in [9.17, 15) is 4.39 Å². The third-order valence-corrected chi connectivity index (χ3v) is 7.55. The summed E-state index contributed by atoms with van der Waals surface area (Å²) < 4.78 is 53.8. The average Bonchev–Trinajstić information content (AvgIpc) is 3.19. The number of hydrogen-bond donors (Lipinski definition) is 0. The third-order valence-electron chi connectivity index (χ3n) is 6.92. The third kappa shape index (κ3) is 4.37. The number of hydrogen-bond acceptors (Lipinski definition) is 3. The van der Waals surface area contributed by atoms with Gasteiger partial charge in [-0.05, 0) is 98.4 Å². The molecule has 34 heavy (non-hydrogen) atoms. The molecule has 3 heterocycles. The molecule has 1 saturated heterocycles. The van der Waals surface area contributed by atoms with E-state index in [0.717, 1.165) is 47.9 Å². The molecule has 5 rings (SSSR count). The minimum absolute atomic E-state index is 0.0279. The summed E-state index contributed by atoms with van der Waals surface area (Å²) in [7, 11) is 0. The average molecular weight is 583 g/mol. The monoisotopic (exact) mass is 583 g/mol. The van der Waals surface area contributed by atoms with Gasteiger partial charge < -0.3 is 4.74 Å². The standard InChI is InChI=1S/C26H29F3IN3O/c1-15-10-18-17(7-8-22-19(18)13-31-33(22)23-6-4-5-9-34-23)25(32(15)14-26(2,3)29)24-20(27)11-16(30)12-21(24)28/h7-8,11-13,15,23,25H,4-6,9-10,14H2,1-3H3. The minimum atomic E-state index is -1.52. The van der Waals surface area contributed by atoms with Crippen LogP contribution in [-0.2, 0) is 11.2 Å². The van der Waals surface area contributed by atoms with Crippen LogP contribution in [0.25, 0.3) is 10.9 Å². The Bertz CT molecular complexity index is 1190. The van der Waals surface area contributed by atoms with E-state index < -0.39 is 23.3 Å². The quantitative estimate of drug-likeness (QED) is 0.321. The molecule has 8 heteroatoms. The Morgan fingerprint density at radius 2 is 1.91 bits per heavy atom. The van der Waals surface area contributed by atoms with E-state index in [-0.39, 0.29) is 24.4 Å². The van der Waals surface area contributed by atoms with Gasteiger partial charge in [-0.3, -0.25) is 4.90 Å². The number of fused-ring (bicyclic) bond motifs is 3.